The van der Waals surface area contributed by atoms with Gasteiger partial charge in [0, 0.05) is 12.4 Å². The van der Waals surface area contributed by atoms with E-state index in [0.29, 0.717) is 18.2 Å². The molecular weight excluding hydrogens is 262 g/mol. The Morgan fingerprint density at radius 3 is 2.76 bits per heavy atom. The topological polar surface area (TPSA) is 74.8 Å². The van der Waals surface area contributed by atoms with E-state index in [1.54, 1.807) is 6.92 Å². The number of aromatic amines is 1. The summed E-state index contributed by atoms with van der Waals surface area (Å²) in [6, 6.07) is 0. The molecule has 1 aromatic heterocycles. The summed E-state index contributed by atoms with van der Waals surface area (Å²) in [5.74, 6) is 1.16. The zero-order valence-electron chi connectivity index (χ0n) is 9.66. The van der Waals surface area contributed by atoms with Gasteiger partial charge >= 0.3 is 0 Å². The van der Waals surface area contributed by atoms with Crippen molar-refractivity contribution in [2.24, 2.45) is 5.41 Å². The number of sulfonamides is 1. The van der Waals surface area contributed by atoms with Crippen molar-refractivity contribution in [1.29, 1.82) is 0 Å². The first-order valence-corrected chi connectivity index (χ1v) is 7.56. The Hall–Kier alpha value is -0.590. The lowest BCUT2D eigenvalue weighted by atomic mass is 10.1. The van der Waals surface area contributed by atoms with Gasteiger partial charge in [-0.2, -0.15) is 0 Å². The molecule has 1 saturated carbocycles. The summed E-state index contributed by atoms with van der Waals surface area (Å²) < 4.78 is 26.4. The van der Waals surface area contributed by atoms with E-state index in [1.165, 1.54) is 6.20 Å². The Morgan fingerprint density at radius 2 is 2.29 bits per heavy atom. The van der Waals surface area contributed by atoms with Gasteiger partial charge < -0.3 is 4.98 Å². The Morgan fingerprint density at radius 1 is 1.59 bits per heavy atom. The molecule has 0 unspecified atom stereocenters. The molecule has 1 aromatic rings. The maximum Gasteiger partial charge on any atom is 0.257 e. The molecule has 1 aliphatic rings. The van der Waals surface area contributed by atoms with E-state index >= 15 is 0 Å². The molecule has 2 N–H and O–H groups in total. The summed E-state index contributed by atoms with van der Waals surface area (Å²) in [6.45, 7) is 2.18. The molecular formula is C10H16ClN3O2S. The highest BCUT2D eigenvalue weighted by Gasteiger charge is 2.42. The van der Waals surface area contributed by atoms with E-state index in [2.05, 4.69) is 14.7 Å². The Balaban J connectivity index is 1.99. The number of hydrogen-bond acceptors (Lipinski definition) is 3. The van der Waals surface area contributed by atoms with Gasteiger partial charge in [0.15, 0.2) is 5.03 Å². The third kappa shape index (κ3) is 3.00. The van der Waals surface area contributed by atoms with Crippen LogP contribution in [-0.4, -0.2) is 30.8 Å². The van der Waals surface area contributed by atoms with Crippen LogP contribution in [0.25, 0.3) is 0 Å². The fourth-order valence-electron chi connectivity index (χ4n) is 1.75. The molecule has 17 heavy (non-hydrogen) atoms. The molecule has 1 fully saturated rings. The summed E-state index contributed by atoms with van der Waals surface area (Å²) in [5, 5.41) is 0.122. The van der Waals surface area contributed by atoms with Crippen molar-refractivity contribution in [2.45, 2.75) is 31.2 Å². The number of H-pyrrole nitrogens is 1. The lowest BCUT2D eigenvalue weighted by Gasteiger charge is -2.13. The summed E-state index contributed by atoms with van der Waals surface area (Å²) in [7, 11) is -3.46. The van der Waals surface area contributed by atoms with E-state index in [0.717, 1.165) is 19.3 Å². The van der Waals surface area contributed by atoms with E-state index < -0.39 is 10.0 Å². The van der Waals surface area contributed by atoms with Gasteiger partial charge in [0.05, 0.1) is 6.20 Å². The number of nitrogens with zero attached hydrogens (tertiary/aromatic N) is 1. The van der Waals surface area contributed by atoms with Crippen molar-refractivity contribution in [3.63, 3.8) is 0 Å². The number of hydrogen-bond donors (Lipinski definition) is 2. The number of aromatic nitrogens is 2. The molecule has 7 heteroatoms. The highest BCUT2D eigenvalue weighted by molar-refractivity contribution is 7.89. The molecule has 5 nitrogen and oxygen atoms in total. The first-order valence-electron chi connectivity index (χ1n) is 5.55. The summed E-state index contributed by atoms with van der Waals surface area (Å²) in [4.78, 5) is 6.60. The van der Waals surface area contributed by atoms with Gasteiger partial charge in [-0.3, -0.25) is 0 Å². The van der Waals surface area contributed by atoms with E-state index in [4.69, 9.17) is 11.6 Å². The van der Waals surface area contributed by atoms with Crippen LogP contribution in [0.3, 0.4) is 0 Å². The summed E-state index contributed by atoms with van der Waals surface area (Å²) in [5.41, 5.74) is 0.0872. The van der Waals surface area contributed by atoms with Crippen LogP contribution in [0.5, 0.6) is 0 Å². The quantitative estimate of drug-likeness (QED) is 0.772. The smallest absolute Gasteiger partial charge is 0.257 e. The SMILES string of the molecule is Cc1ncc(S(=O)(=O)NCC2(CCCl)CC2)[nH]1. The molecule has 0 saturated heterocycles. The molecule has 0 atom stereocenters. The third-order valence-corrected chi connectivity index (χ3v) is 4.69. The lowest BCUT2D eigenvalue weighted by molar-refractivity contribution is 0.477. The largest absolute Gasteiger partial charge is 0.332 e. The number of imidazole rings is 1. The standard InChI is InChI=1S/C10H16ClN3O2S/c1-8-12-6-9(14-8)17(15,16)13-7-10(2-3-10)4-5-11/h6,13H,2-5,7H2,1H3,(H,12,14). The van der Waals surface area contributed by atoms with Crippen LogP contribution in [0.15, 0.2) is 11.2 Å². The van der Waals surface area contributed by atoms with Gasteiger partial charge in [0.25, 0.3) is 10.0 Å². The first kappa shape index (κ1) is 12.9. The fourth-order valence-corrected chi connectivity index (χ4v) is 3.28. The van der Waals surface area contributed by atoms with Gasteiger partial charge in [-0.25, -0.2) is 18.1 Å². The second-order valence-corrected chi connectivity index (χ2v) is 6.71. The van der Waals surface area contributed by atoms with Crippen LogP contribution >= 0.6 is 11.6 Å². The summed E-state index contributed by atoms with van der Waals surface area (Å²) in [6.07, 6.45) is 4.28. The van der Waals surface area contributed by atoms with Crippen molar-refractivity contribution in [3.05, 3.63) is 12.0 Å². The number of aryl methyl sites for hydroxylation is 1. The van der Waals surface area contributed by atoms with Gasteiger partial charge in [-0.15, -0.1) is 11.6 Å². The first-order chi connectivity index (χ1) is 7.97. The second-order valence-electron chi connectivity index (χ2n) is 4.60. The monoisotopic (exact) mass is 277 g/mol. The Kier molecular flexibility index (Phi) is 3.47. The normalized spacial score (nSPS) is 18.2. The molecule has 96 valence electrons. The Labute approximate surface area is 106 Å². The molecule has 0 spiro atoms. The molecule has 0 amide bonds. The van der Waals surface area contributed by atoms with E-state index in [-0.39, 0.29) is 10.4 Å². The summed E-state index contributed by atoms with van der Waals surface area (Å²) >= 11 is 5.70. The minimum Gasteiger partial charge on any atom is -0.332 e. The molecule has 1 aliphatic carbocycles. The average Bonchev–Trinajstić information content (AvgIpc) is 2.89. The highest BCUT2D eigenvalue weighted by atomic mass is 35.5. The Bertz CT molecular complexity index is 493. The van der Waals surface area contributed by atoms with Crippen LogP contribution in [0.2, 0.25) is 0 Å². The van der Waals surface area contributed by atoms with Crippen LogP contribution in [0, 0.1) is 12.3 Å². The molecule has 1 heterocycles. The lowest BCUT2D eigenvalue weighted by Crippen LogP contribution is -2.30. The predicted molar refractivity (Wildman–Crippen MR) is 65.5 cm³/mol. The van der Waals surface area contributed by atoms with Crippen LogP contribution in [0.1, 0.15) is 25.1 Å². The molecule has 0 aromatic carbocycles. The fraction of sp³-hybridized carbons (Fsp3) is 0.700. The zero-order valence-corrected chi connectivity index (χ0v) is 11.2. The van der Waals surface area contributed by atoms with Crippen LogP contribution in [-0.2, 0) is 10.0 Å². The molecule has 0 radical (unpaired) electrons. The number of alkyl halides is 1. The number of halogens is 1. The maximum absolute atomic E-state index is 11.9. The van der Waals surface area contributed by atoms with Crippen LogP contribution in [0.4, 0.5) is 0 Å². The van der Waals surface area contributed by atoms with Crippen molar-refractivity contribution in [3.8, 4) is 0 Å². The molecule has 0 bridgehead atoms. The number of nitrogens with one attached hydrogen (secondary N) is 2. The van der Waals surface area contributed by atoms with E-state index in [1.807, 2.05) is 0 Å². The zero-order chi connectivity index (χ0) is 12.5. The number of rotatable bonds is 6. The predicted octanol–water partition coefficient (Wildman–Crippen LogP) is 1.41. The highest BCUT2D eigenvalue weighted by Crippen LogP contribution is 2.48. The molecule has 0 aliphatic heterocycles. The van der Waals surface area contributed by atoms with Gasteiger partial charge in [0.2, 0.25) is 0 Å². The molecule has 2 rings (SSSR count). The van der Waals surface area contributed by atoms with Gasteiger partial charge in [0.1, 0.15) is 5.82 Å². The van der Waals surface area contributed by atoms with Crippen LogP contribution < -0.4 is 4.72 Å². The minimum atomic E-state index is -3.46. The maximum atomic E-state index is 11.9. The third-order valence-electron chi connectivity index (χ3n) is 3.19. The van der Waals surface area contributed by atoms with Gasteiger partial charge in [-0.1, -0.05) is 0 Å². The van der Waals surface area contributed by atoms with E-state index in [9.17, 15) is 8.42 Å². The van der Waals surface area contributed by atoms with Gasteiger partial charge in [-0.05, 0) is 31.6 Å². The average molecular weight is 278 g/mol. The second kappa shape index (κ2) is 4.59. The van der Waals surface area contributed by atoms with Crippen molar-refractivity contribution < 1.29 is 8.42 Å². The van der Waals surface area contributed by atoms with Crippen molar-refractivity contribution >= 4 is 21.6 Å². The van der Waals surface area contributed by atoms with Crippen molar-refractivity contribution in [2.75, 3.05) is 12.4 Å². The minimum absolute atomic E-state index is 0.0872. The van der Waals surface area contributed by atoms with Crippen molar-refractivity contribution in [1.82, 2.24) is 14.7 Å².